The van der Waals surface area contributed by atoms with Crippen LogP contribution >= 0.6 is 0 Å². The molecule has 140 valence electrons. The zero-order valence-corrected chi connectivity index (χ0v) is 16.0. The summed E-state index contributed by atoms with van der Waals surface area (Å²) in [6, 6.07) is 25.1. The molecule has 5 rings (SSSR count). The number of fused-ring (bicyclic) bond motifs is 3. The Hall–Kier alpha value is -3.27. The summed E-state index contributed by atoms with van der Waals surface area (Å²) in [6.45, 7) is 2.10. The van der Waals surface area contributed by atoms with Crippen LogP contribution < -0.4 is 9.47 Å². The van der Waals surface area contributed by atoms with E-state index >= 15 is 0 Å². The third-order valence-corrected chi connectivity index (χ3v) is 5.48. The predicted octanol–water partition coefficient (Wildman–Crippen LogP) is 5.25. The van der Waals surface area contributed by atoms with E-state index in [2.05, 4.69) is 48.3 Å². The molecule has 2 atom stereocenters. The van der Waals surface area contributed by atoms with E-state index in [9.17, 15) is 0 Å². The minimum absolute atomic E-state index is 0.174. The van der Waals surface area contributed by atoms with Gasteiger partial charge in [-0.1, -0.05) is 48.0 Å². The normalized spacial score (nSPS) is 20.1. The molecule has 0 radical (unpaired) electrons. The van der Waals surface area contributed by atoms with Crippen LogP contribution in [0, 0.1) is 6.92 Å². The number of para-hydroxylation sites is 1. The monoisotopic (exact) mass is 370 g/mol. The first-order valence-corrected chi connectivity index (χ1v) is 9.55. The Morgan fingerprint density at radius 1 is 0.964 bits per heavy atom. The number of aryl methyl sites for hydroxylation is 1. The van der Waals surface area contributed by atoms with Crippen molar-refractivity contribution in [2.45, 2.75) is 25.6 Å². The fraction of sp³-hybridized carbons (Fsp3) is 0.208. The first-order valence-electron chi connectivity index (χ1n) is 9.55. The smallest absolute Gasteiger partial charge is 0.213 e. The van der Waals surface area contributed by atoms with Crippen LogP contribution in [-0.4, -0.2) is 17.8 Å². The Morgan fingerprint density at radius 2 is 1.71 bits per heavy atom. The maximum Gasteiger partial charge on any atom is 0.213 e. The van der Waals surface area contributed by atoms with Crippen molar-refractivity contribution < 1.29 is 9.47 Å². The second-order valence-corrected chi connectivity index (χ2v) is 7.29. The van der Waals surface area contributed by atoms with E-state index in [4.69, 9.17) is 14.6 Å². The van der Waals surface area contributed by atoms with Crippen molar-refractivity contribution in [2.24, 2.45) is 5.10 Å². The molecule has 3 aromatic carbocycles. The minimum atomic E-state index is -0.256. The van der Waals surface area contributed by atoms with Crippen molar-refractivity contribution in [1.82, 2.24) is 5.01 Å². The maximum absolute atomic E-state index is 6.39. The Bertz CT molecular complexity index is 1030. The summed E-state index contributed by atoms with van der Waals surface area (Å²) in [5, 5.41) is 7.11. The van der Waals surface area contributed by atoms with Crippen LogP contribution in [0.5, 0.6) is 11.5 Å². The molecule has 4 heteroatoms. The third kappa shape index (κ3) is 2.82. The predicted molar refractivity (Wildman–Crippen MR) is 110 cm³/mol. The summed E-state index contributed by atoms with van der Waals surface area (Å²) in [5.41, 5.74) is 5.78. The number of hydrogen-bond donors (Lipinski definition) is 0. The van der Waals surface area contributed by atoms with Gasteiger partial charge in [-0.2, -0.15) is 5.10 Å². The van der Waals surface area contributed by atoms with Crippen LogP contribution in [0.25, 0.3) is 0 Å². The van der Waals surface area contributed by atoms with E-state index in [0.29, 0.717) is 0 Å². The quantitative estimate of drug-likeness (QED) is 0.632. The molecule has 0 spiro atoms. The van der Waals surface area contributed by atoms with E-state index in [1.807, 2.05) is 36.4 Å². The van der Waals surface area contributed by atoms with Crippen LogP contribution in [0.4, 0.5) is 0 Å². The van der Waals surface area contributed by atoms with Crippen molar-refractivity contribution in [3.05, 3.63) is 95.1 Å². The van der Waals surface area contributed by atoms with Crippen molar-refractivity contribution in [1.29, 1.82) is 0 Å². The third-order valence-electron chi connectivity index (χ3n) is 5.48. The van der Waals surface area contributed by atoms with Crippen LogP contribution in [0.2, 0.25) is 0 Å². The molecule has 4 nitrogen and oxygen atoms in total. The zero-order chi connectivity index (χ0) is 19.1. The second kappa shape index (κ2) is 6.71. The molecule has 0 saturated heterocycles. The van der Waals surface area contributed by atoms with Crippen molar-refractivity contribution >= 4 is 5.71 Å². The van der Waals surface area contributed by atoms with Crippen LogP contribution in [0.1, 0.15) is 40.9 Å². The van der Waals surface area contributed by atoms with E-state index < -0.39 is 0 Å². The van der Waals surface area contributed by atoms with Gasteiger partial charge in [-0.25, -0.2) is 5.01 Å². The zero-order valence-electron chi connectivity index (χ0n) is 16.0. The Morgan fingerprint density at radius 3 is 2.46 bits per heavy atom. The molecule has 0 saturated carbocycles. The van der Waals surface area contributed by atoms with Gasteiger partial charge in [0, 0.05) is 17.5 Å². The van der Waals surface area contributed by atoms with Gasteiger partial charge in [-0.15, -0.1) is 0 Å². The molecule has 0 unspecified atom stereocenters. The molecule has 2 aliphatic rings. The molecule has 0 bridgehead atoms. The van der Waals surface area contributed by atoms with Crippen LogP contribution in [-0.2, 0) is 0 Å². The Balaban J connectivity index is 1.56. The Kier molecular flexibility index (Phi) is 4.05. The number of hydrazone groups is 1. The van der Waals surface area contributed by atoms with Gasteiger partial charge < -0.3 is 9.47 Å². The van der Waals surface area contributed by atoms with Gasteiger partial charge in [0.05, 0.1) is 18.9 Å². The molecule has 0 fully saturated rings. The van der Waals surface area contributed by atoms with Crippen molar-refractivity contribution in [2.75, 3.05) is 7.11 Å². The van der Waals surface area contributed by atoms with Gasteiger partial charge in [-0.3, -0.25) is 0 Å². The minimum Gasteiger partial charge on any atom is -0.497 e. The molecule has 0 aliphatic carbocycles. The SMILES string of the molecule is COc1ccc([C@@H]2Oc3ccccc3[C@H]3CC(c4ccc(C)cc4)=NN32)cc1. The highest BCUT2D eigenvalue weighted by Gasteiger charge is 2.40. The average molecular weight is 370 g/mol. The summed E-state index contributed by atoms with van der Waals surface area (Å²) in [5.74, 6) is 1.77. The van der Waals surface area contributed by atoms with Gasteiger partial charge >= 0.3 is 0 Å². The first kappa shape index (κ1) is 16.9. The van der Waals surface area contributed by atoms with E-state index in [1.54, 1.807) is 7.11 Å². The van der Waals surface area contributed by atoms with Gasteiger partial charge in [0.15, 0.2) is 0 Å². The number of ether oxygens (including phenoxy) is 2. The lowest BCUT2D eigenvalue weighted by molar-refractivity contribution is -0.0190. The van der Waals surface area contributed by atoms with Gasteiger partial charge in [-0.05, 0) is 42.8 Å². The average Bonchev–Trinajstić information content (AvgIpc) is 3.19. The molecule has 3 aromatic rings. The molecule has 0 N–H and O–H groups in total. The lowest BCUT2D eigenvalue weighted by atomic mass is 9.95. The molecule has 2 aliphatic heterocycles. The van der Waals surface area contributed by atoms with Gasteiger partial charge in [0.1, 0.15) is 11.5 Å². The van der Waals surface area contributed by atoms with E-state index in [-0.39, 0.29) is 12.3 Å². The number of nitrogens with zero attached hydrogens (tertiary/aromatic N) is 2. The van der Waals surface area contributed by atoms with Gasteiger partial charge in [0.25, 0.3) is 0 Å². The maximum atomic E-state index is 6.39. The molecule has 28 heavy (non-hydrogen) atoms. The number of benzene rings is 3. The summed E-state index contributed by atoms with van der Waals surface area (Å²) in [4.78, 5) is 0. The lowest BCUT2D eigenvalue weighted by Gasteiger charge is -2.38. The fourth-order valence-corrected chi connectivity index (χ4v) is 3.94. The number of methoxy groups -OCH3 is 1. The van der Waals surface area contributed by atoms with Crippen molar-refractivity contribution in [3.8, 4) is 11.5 Å². The fourth-order valence-electron chi connectivity index (χ4n) is 3.94. The molecule has 0 amide bonds. The topological polar surface area (TPSA) is 34.1 Å². The first-order chi connectivity index (χ1) is 13.7. The second-order valence-electron chi connectivity index (χ2n) is 7.29. The molecule has 0 aromatic heterocycles. The van der Waals surface area contributed by atoms with Crippen molar-refractivity contribution in [3.63, 3.8) is 0 Å². The van der Waals surface area contributed by atoms with Crippen LogP contribution in [0.15, 0.2) is 77.9 Å². The number of hydrogen-bond acceptors (Lipinski definition) is 4. The number of rotatable bonds is 3. The highest BCUT2D eigenvalue weighted by molar-refractivity contribution is 6.02. The summed E-state index contributed by atoms with van der Waals surface area (Å²) in [6.07, 6.45) is 0.615. The van der Waals surface area contributed by atoms with E-state index in [1.165, 1.54) is 16.7 Å². The Labute approximate surface area is 165 Å². The van der Waals surface area contributed by atoms with Gasteiger partial charge in [0.2, 0.25) is 6.23 Å². The highest BCUT2D eigenvalue weighted by Crippen LogP contribution is 2.47. The highest BCUT2D eigenvalue weighted by atomic mass is 16.5. The largest absolute Gasteiger partial charge is 0.497 e. The summed E-state index contributed by atoms with van der Waals surface area (Å²) in [7, 11) is 1.68. The lowest BCUT2D eigenvalue weighted by Crippen LogP contribution is -2.33. The van der Waals surface area contributed by atoms with Crippen LogP contribution in [0.3, 0.4) is 0 Å². The molecular formula is C24H22N2O2. The standard InChI is InChI=1S/C24H22N2O2/c1-16-7-9-17(10-8-16)21-15-22-20-5-3-4-6-23(20)28-24(26(22)25-21)18-11-13-19(27-2)14-12-18/h3-14,22,24H,15H2,1-2H3/t22-,24+/m1/s1. The molecular weight excluding hydrogens is 348 g/mol. The summed E-state index contributed by atoms with van der Waals surface area (Å²) < 4.78 is 11.7. The molecule has 2 heterocycles. The van der Waals surface area contributed by atoms with E-state index in [0.717, 1.165) is 29.2 Å². The summed E-state index contributed by atoms with van der Waals surface area (Å²) >= 11 is 0.